The molecule has 1 rings (SSSR count). The van der Waals surface area contributed by atoms with Crippen LogP contribution in [0.4, 0.5) is 0 Å². The van der Waals surface area contributed by atoms with Crippen LogP contribution in [0.25, 0.3) is 0 Å². The summed E-state index contributed by atoms with van der Waals surface area (Å²) in [6, 6.07) is 7.40. The molecule has 0 aliphatic carbocycles. The maximum atomic E-state index is 6.07. The number of guanidine groups is 1. The molecule has 0 saturated carbocycles. The number of hydrogen-bond donors (Lipinski definition) is 2. The largest absolute Gasteiger partial charge is 0.487 e. The Kier molecular flexibility index (Phi) is 10.2. The molecule has 21 heavy (non-hydrogen) atoms. The highest BCUT2D eigenvalue weighted by Crippen LogP contribution is 2.24. The van der Waals surface area contributed by atoms with E-state index in [1.807, 2.05) is 32.0 Å². The first kappa shape index (κ1) is 20.1. The van der Waals surface area contributed by atoms with Crippen LogP contribution in [0.15, 0.2) is 41.4 Å². The summed E-state index contributed by atoms with van der Waals surface area (Å²) in [5.74, 6) is 1.07. The number of halogens is 2. The van der Waals surface area contributed by atoms with E-state index in [4.69, 9.17) is 22.1 Å². The molecular weight excluding hydrogens is 401 g/mol. The van der Waals surface area contributed by atoms with Crippen LogP contribution in [0.5, 0.6) is 5.75 Å². The molecule has 1 aromatic carbocycles. The van der Waals surface area contributed by atoms with Crippen molar-refractivity contribution < 1.29 is 4.74 Å². The molecule has 0 aliphatic heterocycles. The zero-order valence-corrected chi connectivity index (χ0v) is 15.5. The fourth-order valence-electron chi connectivity index (χ4n) is 1.47. The minimum Gasteiger partial charge on any atom is -0.487 e. The van der Waals surface area contributed by atoms with Crippen LogP contribution in [0.1, 0.15) is 20.3 Å². The molecule has 0 aromatic heterocycles. The van der Waals surface area contributed by atoms with E-state index in [0.717, 1.165) is 12.0 Å². The lowest BCUT2D eigenvalue weighted by molar-refractivity contribution is 0.206. The lowest BCUT2D eigenvalue weighted by Crippen LogP contribution is -2.34. The van der Waals surface area contributed by atoms with E-state index in [1.165, 1.54) is 0 Å². The standard InChI is InChI=1S/C15H22ClN3O.HI/c1-4-12(10-19-15(17)18-9-11(2)3)20-14-8-6-5-7-13(14)16;/h5-8,12H,2,4,9-10H2,1,3H3,(H3,17,18,19);1H. The zero-order valence-electron chi connectivity index (χ0n) is 12.4. The van der Waals surface area contributed by atoms with Crippen molar-refractivity contribution in [1.82, 2.24) is 5.32 Å². The first-order chi connectivity index (χ1) is 9.52. The second-order valence-electron chi connectivity index (χ2n) is 4.62. The van der Waals surface area contributed by atoms with Gasteiger partial charge in [0.25, 0.3) is 0 Å². The Bertz CT molecular complexity index is 480. The van der Waals surface area contributed by atoms with Crippen molar-refractivity contribution in [3.8, 4) is 5.75 Å². The lowest BCUT2D eigenvalue weighted by atomic mass is 10.2. The summed E-state index contributed by atoms with van der Waals surface area (Å²) in [6.45, 7) is 8.86. The number of para-hydroxylation sites is 1. The number of ether oxygens (including phenoxy) is 1. The summed E-state index contributed by atoms with van der Waals surface area (Å²) in [6.07, 6.45) is 0.766. The molecular formula is C15H23ClIN3O. The van der Waals surface area contributed by atoms with E-state index >= 15 is 0 Å². The molecule has 0 fully saturated rings. The third-order valence-corrected chi connectivity index (χ3v) is 2.93. The van der Waals surface area contributed by atoms with Gasteiger partial charge >= 0.3 is 0 Å². The first-order valence-electron chi connectivity index (χ1n) is 6.62. The highest BCUT2D eigenvalue weighted by molar-refractivity contribution is 14.0. The predicted molar refractivity (Wildman–Crippen MR) is 101 cm³/mol. The second kappa shape index (κ2) is 10.7. The molecule has 0 amide bonds. The number of benzene rings is 1. The molecule has 118 valence electrons. The van der Waals surface area contributed by atoms with Crippen LogP contribution in [0, 0.1) is 0 Å². The predicted octanol–water partition coefficient (Wildman–Crippen LogP) is 3.60. The fraction of sp³-hybridized carbons (Fsp3) is 0.400. The van der Waals surface area contributed by atoms with Crippen molar-refractivity contribution in [2.24, 2.45) is 10.7 Å². The average molecular weight is 424 g/mol. The molecule has 4 nitrogen and oxygen atoms in total. The highest BCUT2D eigenvalue weighted by Gasteiger charge is 2.09. The summed E-state index contributed by atoms with van der Waals surface area (Å²) in [7, 11) is 0. The van der Waals surface area contributed by atoms with Gasteiger partial charge in [0.15, 0.2) is 5.96 Å². The minimum absolute atomic E-state index is 0. The highest BCUT2D eigenvalue weighted by atomic mass is 127. The molecule has 0 bridgehead atoms. The van der Waals surface area contributed by atoms with Crippen molar-refractivity contribution in [1.29, 1.82) is 0 Å². The molecule has 1 aromatic rings. The van der Waals surface area contributed by atoms with E-state index in [0.29, 0.717) is 29.8 Å². The molecule has 1 unspecified atom stereocenters. The Hall–Kier alpha value is -0.950. The number of nitrogens with two attached hydrogens (primary N) is 1. The van der Waals surface area contributed by atoms with Gasteiger partial charge in [-0.25, -0.2) is 4.99 Å². The van der Waals surface area contributed by atoms with Crippen LogP contribution < -0.4 is 15.8 Å². The van der Waals surface area contributed by atoms with Gasteiger partial charge in [0, 0.05) is 6.54 Å². The maximum absolute atomic E-state index is 6.07. The molecule has 0 spiro atoms. The van der Waals surface area contributed by atoms with Gasteiger partial charge in [-0.05, 0) is 25.5 Å². The molecule has 6 heteroatoms. The summed E-state index contributed by atoms with van der Waals surface area (Å²) in [5, 5.41) is 3.58. The quantitative estimate of drug-likeness (QED) is 0.305. The average Bonchev–Trinajstić information content (AvgIpc) is 2.43. The third kappa shape index (κ3) is 8.16. The molecule has 0 saturated heterocycles. The van der Waals surface area contributed by atoms with Crippen molar-refractivity contribution in [3.63, 3.8) is 0 Å². The van der Waals surface area contributed by atoms with Crippen molar-refractivity contribution in [2.45, 2.75) is 26.4 Å². The monoisotopic (exact) mass is 423 g/mol. The van der Waals surface area contributed by atoms with Crippen molar-refractivity contribution in [3.05, 3.63) is 41.4 Å². The summed E-state index contributed by atoms with van der Waals surface area (Å²) < 4.78 is 5.83. The van der Waals surface area contributed by atoms with E-state index in [9.17, 15) is 0 Å². The van der Waals surface area contributed by atoms with Gasteiger partial charge in [-0.15, -0.1) is 24.0 Å². The van der Waals surface area contributed by atoms with Gasteiger partial charge in [-0.1, -0.05) is 42.8 Å². The van der Waals surface area contributed by atoms with Gasteiger partial charge in [0.05, 0.1) is 11.6 Å². The first-order valence-corrected chi connectivity index (χ1v) is 7.00. The molecule has 3 N–H and O–H groups in total. The van der Waals surface area contributed by atoms with Crippen molar-refractivity contribution in [2.75, 3.05) is 13.1 Å². The second-order valence-corrected chi connectivity index (χ2v) is 5.02. The zero-order chi connectivity index (χ0) is 15.0. The summed E-state index contributed by atoms with van der Waals surface area (Å²) in [5.41, 5.74) is 6.77. The van der Waals surface area contributed by atoms with Gasteiger partial charge in [-0.2, -0.15) is 0 Å². The lowest BCUT2D eigenvalue weighted by Gasteiger charge is -2.17. The van der Waals surface area contributed by atoms with Gasteiger partial charge in [0.2, 0.25) is 0 Å². The van der Waals surface area contributed by atoms with Crippen molar-refractivity contribution >= 4 is 41.5 Å². The number of nitrogens with zero attached hydrogens (tertiary/aromatic N) is 1. The Morgan fingerprint density at radius 3 is 2.71 bits per heavy atom. The van der Waals surface area contributed by atoms with E-state index in [2.05, 4.69) is 16.9 Å². The molecule has 0 radical (unpaired) electrons. The number of rotatable bonds is 7. The normalized spacial score (nSPS) is 12.2. The maximum Gasteiger partial charge on any atom is 0.188 e. The van der Waals surface area contributed by atoms with Crippen LogP contribution in [-0.4, -0.2) is 25.2 Å². The van der Waals surface area contributed by atoms with Crippen LogP contribution in [-0.2, 0) is 0 Å². The molecule has 1 atom stereocenters. The number of hydrogen-bond acceptors (Lipinski definition) is 2. The van der Waals surface area contributed by atoms with E-state index < -0.39 is 0 Å². The third-order valence-electron chi connectivity index (χ3n) is 2.62. The van der Waals surface area contributed by atoms with E-state index in [1.54, 1.807) is 6.07 Å². The Balaban J connectivity index is 0.00000400. The van der Waals surface area contributed by atoms with Crippen LogP contribution in [0.3, 0.4) is 0 Å². The topological polar surface area (TPSA) is 59.6 Å². The van der Waals surface area contributed by atoms with E-state index in [-0.39, 0.29) is 30.1 Å². The van der Waals surface area contributed by atoms with Gasteiger partial charge in [0.1, 0.15) is 11.9 Å². The van der Waals surface area contributed by atoms with Crippen LogP contribution >= 0.6 is 35.6 Å². The molecule has 0 aliphatic rings. The van der Waals surface area contributed by atoms with Gasteiger partial charge in [-0.3, -0.25) is 0 Å². The Labute approximate surface area is 148 Å². The molecule has 0 heterocycles. The summed E-state index contributed by atoms with van der Waals surface area (Å²) >= 11 is 6.07. The van der Waals surface area contributed by atoms with Crippen LogP contribution in [0.2, 0.25) is 5.02 Å². The minimum atomic E-state index is -0.0555. The number of aliphatic imine (C=N–C) groups is 1. The Morgan fingerprint density at radius 1 is 1.48 bits per heavy atom. The number of nitrogens with one attached hydrogen (secondary N) is 1. The SMILES string of the molecule is C=C(C)CNC(N)=NCC(CC)Oc1ccccc1Cl.I. The van der Waals surface area contributed by atoms with Gasteiger partial charge < -0.3 is 15.8 Å². The Morgan fingerprint density at radius 2 is 2.14 bits per heavy atom. The summed E-state index contributed by atoms with van der Waals surface area (Å²) in [4.78, 5) is 4.27. The fourth-order valence-corrected chi connectivity index (χ4v) is 1.65. The smallest absolute Gasteiger partial charge is 0.188 e.